The Kier molecular flexibility index (Phi) is 4.61. The molecule has 0 aliphatic rings. The van der Waals surface area contributed by atoms with Crippen molar-refractivity contribution in [3.05, 3.63) is 12.2 Å². The van der Waals surface area contributed by atoms with Crippen LogP contribution in [0.25, 0.3) is 0 Å². The zero-order valence-corrected chi connectivity index (χ0v) is 7.36. The third-order valence-corrected chi connectivity index (χ3v) is 1.89. The number of hydrogen-bond acceptors (Lipinski definition) is 4. The minimum Gasteiger partial charge on any atom is -0.468 e. The average Bonchev–Trinajstić information content (AvgIpc) is 1.99. The van der Waals surface area contributed by atoms with E-state index in [9.17, 15) is 9.59 Å². The number of rotatable bonds is 3. The first-order chi connectivity index (χ1) is 5.07. The Labute approximate surface area is 69.8 Å². The minimum absolute atomic E-state index is 0.0577. The second kappa shape index (κ2) is 4.96. The molecule has 0 aliphatic carbocycles. The lowest BCUT2D eigenvalue weighted by molar-refractivity contribution is -0.137. The summed E-state index contributed by atoms with van der Waals surface area (Å²) in [5, 5.41) is -0.171. The quantitative estimate of drug-likeness (QED) is 0.473. The van der Waals surface area contributed by atoms with Crippen LogP contribution in [0.4, 0.5) is 0 Å². The van der Waals surface area contributed by atoms with E-state index in [-0.39, 0.29) is 10.9 Å². The van der Waals surface area contributed by atoms with Gasteiger partial charge in [-0.05, 0) is 12.5 Å². The molecule has 0 aromatic rings. The number of methoxy groups -OCH3 is 1. The first kappa shape index (κ1) is 10.2. The molecule has 0 aromatic heterocycles. The van der Waals surface area contributed by atoms with E-state index in [4.69, 9.17) is 0 Å². The van der Waals surface area contributed by atoms with E-state index in [1.807, 2.05) is 0 Å². The second-order valence-electron chi connectivity index (χ2n) is 1.93. The minimum atomic E-state index is -0.399. The van der Waals surface area contributed by atoms with Gasteiger partial charge < -0.3 is 4.74 Å². The fourth-order valence-corrected chi connectivity index (χ4v) is 0.920. The molecule has 0 bridgehead atoms. The van der Waals surface area contributed by atoms with E-state index in [0.717, 1.165) is 11.8 Å². The van der Waals surface area contributed by atoms with Crippen LogP contribution in [0.15, 0.2) is 12.2 Å². The average molecular weight is 174 g/mol. The molecule has 0 radical (unpaired) electrons. The molecule has 0 heterocycles. The van der Waals surface area contributed by atoms with Gasteiger partial charge in [-0.3, -0.25) is 9.59 Å². The Balaban J connectivity index is 3.63. The van der Waals surface area contributed by atoms with Crippen LogP contribution in [0.2, 0.25) is 0 Å². The standard InChI is InChI=1S/C7H10O3S/c1-5(2)7(9)11-4-6(8)10-3/h1,4H2,2-3H3. The van der Waals surface area contributed by atoms with E-state index >= 15 is 0 Å². The highest BCUT2D eigenvalue weighted by Crippen LogP contribution is 2.07. The van der Waals surface area contributed by atoms with Crippen molar-refractivity contribution in [3.8, 4) is 0 Å². The lowest BCUT2D eigenvalue weighted by Gasteiger charge is -1.97. The zero-order chi connectivity index (χ0) is 8.85. The molecule has 0 rings (SSSR count). The van der Waals surface area contributed by atoms with Crippen LogP contribution in [-0.4, -0.2) is 23.9 Å². The Hall–Kier alpha value is -0.770. The molecule has 0 saturated carbocycles. The SMILES string of the molecule is C=C(C)C(=O)SCC(=O)OC. The van der Waals surface area contributed by atoms with Crippen molar-refractivity contribution in [1.82, 2.24) is 0 Å². The molecule has 4 heteroatoms. The van der Waals surface area contributed by atoms with Gasteiger partial charge in [0, 0.05) is 0 Å². The van der Waals surface area contributed by atoms with Crippen LogP contribution in [0.1, 0.15) is 6.92 Å². The van der Waals surface area contributed by atoms with Crippen LogP contribution in [0.3, 0.4) is 0 Å². The monoisotopic (exact) mass is 174 g/mol. The van der Waals surface area contributed by atoms with Gasteiger partial charge in [-0.25, -0.2) is 0 Å². The van der Waals surface area contributed by atoms with E-state index in [0.29, 0.717) is 5.57 Å². The maximum atomic E-state index is 10.8. The van der Waals surface area contributed by atoms with E-state index in [1.54, 1.807) is 6.92 Å². The van der Waals surface area contributed by atoms with Crippen LogP contribution in [-0.2, 0) is 14.3 Å². The number of ether oxygens (including phenoxy) is 1. The van der Waals surface area contributed by atoms with Gasteiger partial charge in [-0.1, -0.05) is 18.3 Å². The maximum absolute atomic E-state index is 10.8. The van der Waals surface area contributed by atoms with Crippen molar-refractivity contribution < 1.29 is 14.3 Å². The summed E-state index contributed by atoms with van der Waals surface area (Å²) in [7, 11) is 1.29. The molecule has 0 aromatic carbocycles. The normalized spacial score (nSPS) is 8.91. The predicted octanol–water partition coefficient (Wildman–Crippen LogP) is 0.995. The summed E-state index contributed by atoms with van der Waals surface area (Å²) in [6.07, 6.45) is 0. The third-order valence-electron chi connectivity index (χ3n) is 0.897. The summed E-state index contributed by atoms with van der Waals surface area (Å²) in [5.74, 6) is -0.341. The molecule has 0 N–H and O–H groups in total. The molecule has 0 aliphatic heterocycles. The fraction of sp³-hybridized carbons (Fsp3) is 0.429. The number of carbonyl (C=O) groups is 2. The second-order valence-corrected chi connectivity index (χ2v) is 2.88. The molecule has 62 valence electrons. The summed E-state index contributed by atoms with van der Waals surface area (Å²) in [5.41, 5.74) is 0.443. The summed E-state index contributed by atoms with van der Waals surface area (Å²) in [6, 6.07) is 0. The topological polar surface area (TPSA) is 43.4 Å². The van der Waals surface area contributed by atoms with E-state index in [2.05, 4.69) is 11.3 Å². The van der Waals surface area contributed by atoms with Crippen LogP contribution >= 0.6 is 11.8 Å². The molecular formula is C7H10O3S. The van der Waals surface area contributed by atoms with Gasteiger partial charge >= 0.3 is 5.97 Å². The Morgan fingerprint density at radius 1 is 1.55 bits per heavy atom. The molecule has 3 nitrogen and oxygen atoms in total. The Bertz CT molecular complexity index is 186. The van der Waals surface area contributed by atoms with Crippen molar-refractivity contribution in [3.63, 3.8) is 0 Å². The lowest BCUT2D eigenvalue weighted by Crippen LogP contribution is -2.06. The summed E-state index contributed by atoms with van der Waals surface area (Å²) >= 11 is 0.904. The first-order valence-corrected chi connectivity index (χ1v) is 3.96. The third kappa shape index (κ3) is 4.61. The first-order valence-electron chi connectivity index (χ1n) is 2.97. The fourth-order valence-electron chi connectivity index (χ4n) is 0.307. The molecule has 0 atom stereocenters. The molecule has 0 saturated heterocycles. The van der Waals surface area contributed by atoms with E-state index < -0.39 is 5.97 Å². The van der Waals surface area contributed by atoms with Crippen LogP contribution < -0.4 is 0 Å². The lowest BCUT2D eigenvalue weighted by atomic mass is 10.4. The Morgan fingerprint density at radius 3 is 2.45 bits per heavy atom. The van der Waals surface area contributed by atoms with Gasteiger partial charge in [-0.2, -0.15) is 0 Å². The molecule has 0 unspecified atom stereocenters. The van der Waals surface area contributed by atoms with Crippen LogP contribution in [0.5, 0.6) is 0 Å². The zero-order valence-electron chi connectivity index (χ0n) is 6.55. The van der Waals surface area contributed by atoms with E-state index in [1.165, 1.54) is 7.11 Å². The molecule has 0 amide bonds. The van der Waals surface area contributed by atoms with Crippen molar-refractivity contribution in [1.29, 1.82) is 0 Å². The highest BCUT2D eigenvalue weighted by molar-refractivity contribution is 8.14. The number of thioether (sulfide) groups is 1. The number of carbonyl (C=O) groups excluding carboxylic acids is 2. The molecule has 0 fully saturated rings. The van der Waals surface area contributed by atoms with Gasteiger partial charge in [0.15, 0.2) is 0 Å². The highest BCUT2D eigenvalue weighted by atomic mass is 32.2. The van der Waals surface area contributed by atoms with Gasteiger partial charge in [0.05, 0.1) is 12.9 Å². The van der Waals surface area contributed by atoms with Crippen molar-refractivity contribution in [2.45, 2.75) is 6.92 Å². The predicted molar refractivity (Wildman–Crippen MR) is 44.3 cm³/mol. The summed E-state index contributed by atoms with van der Waals surface area (Å²) in [6.45, 7) is 5.04. The van der Waals surface area contributed by atoms with Gasteiger partial charge in [0.2, 0.25) is 5.12 Å². The summed E-state index contributed by atoms with van der Waals surface area (Å²) < 4.78 is 4.34. The smallest absolute Gasteiger partial charge is 0.316 e. The maximum Gasteiger partial charge on any atom is 0.316 e. The van der Waals surface area contributed by atoms with Gasteiger partial charge in [-0.15, -0.1) is 0 Å². The molecule has 11 heavy (non-hydrogen) atoms. The number of hydrogen-bond donors (Lipinski definition) is 0. The largest absolute Gasteiger partial charge is 0.468 e. The highest BCUT2D eigenvalue weighted by Gasteiger charge is 2.06. The van der Waals surface area contributed by atoms with Crippen molar-refractivity contribution in [2.24, 2.45) is 0 Å². The number of esters is 1. The van der Waals surface area contributed by atoms with Gasteiger partial charge in [0.1, 0.15) is 0 Å². The van der Waals surface area contributed by atoms with Crippen molar-refractivity contribution in [2.75, 3.05) is 12.9 Å². The summed E-state index contributed by atoms with van der Waals surface area (Å²) in [4.78, 5) is 21.3. The Morgan fingerprint density at radius 2 is 2.09 bits per heavy atom. The van der Waals surface area contributed by atoms with Gasteiger partial charge in [0.25, 0.3) is 0 Å². The molecular weight excluding hydrogens is 164 g/mol. The molecule has 0 spiro atoms. The van der Waals surface area contributed by atoms with Crippen LogP contribution in [0, 0.1) is 0 Å². The van der Waals surface area contributed by atoms with Crippen molar-refractivity contribution >= 4 is 22.8 Å².